The second-order valence-electron chi connectivity index (χ2n) is 7.82. The lowest BCUT2D eigenvalue weighted by molar-refractivity contribution is -0.121. The van der Waals surface area contributed by atoms with Gasteiger partial charge in [-0.25, -0.2) is 9.07 Å². The Labute approximate surface area is 176 Å². The van der Waals surface area contributed by atoms with Gasteiger partial charge in [-0.15, -0.1) is 0 Å². The summed E-state index contributed by atoms with van der Waals surface area (Å²) in [5.41, 5.74) is 3.32. The number of benzene rings is 2. The first-order valence-corrected chi connectivity index (χ1v) is 10.2. The number of rotatable bonds is 8. The van der Waals surface area contributed by atoms with Crippen LogP contribution in [0.25, 0.3) is 5.69 Å². The molecular weight excluding hydrogens is 381 g/mol. The van der Waals surface area contributed by atoms with Crippen LogP contribution in [-0.4, -0.2) is 22.2 Å². The van der Waals surface area contributed by atoms with Gasteiger partial charge in [-0.05, 0) is 62.1 Å². The van der Waals surface area contributed by atoms with Gasteiger partial charge in [-0.3, -0.25) is 4.79 Å². The third kappa shape index (κ3) is 5.26. The van der Waals surface area contributed by atoms with Gasteiger partial charge in [0.2, 0.25) is 11.8 Å². The van der Waals surface area contributed by atoms with E-state index in [2.05, 4.69) is 24.3 Å². The molecule has 0 aliphatic rings. The van der Waals surface area contributed by atoms with Gasteiger partial charge in [0.25, 0.3) is 0 Å². The normalized spacial score (nSPS) is 11.0. The van der Waals surface area contributed by atoms with Crippen molar-refractivity contribution in [1.82, 2.24) is 15.1 Å². The van der Waals surface area contributed by atoms with E-state index in [1.54, 1.807) is 16.8 Å². The molecule has 30 heavy (non-hydrogen) atoms. The molecule has 3 rings (SSSR count). The van der Waals surface area contributed by atoms with Crippen molar-refractivity contribution in [2.24, 2.45) is 5.92 Å². The highest BCUT2D eigenvalue weighted by molar-refractivity contribution is 5.76. The third-order valence-electron chi connectivity index (χ3n) is 4.82. The van der Waals surface area contributed by atoms with Gasteiger partial charge >= 0.3 is 0 Å². The molecule has 1 heterocycles. The largest absolute Gasteiger partial charge is 0.438 e. The Morgan fingerprint density at radius 2 is 1.83 bits per heavy atom. The summed E-state index contributed by atoms with van der Waals surface area (Å²) < 4.78 is 21.4. The molecule has 6 heteroatoms. The lowest BCUT2D eigenvalue weighted by atomic mass is 10.1. The molecule has 0 unspecified atom stereocenters. The Balaban J connectivity index is 1.93. The predicted molar refractivity (Wildman–Crippen MR) is 116 cm³/mol. The minimum absolute atomic E-state index is 0.000487. The highest BCUT2D eigenvalue weighted by atomic mass is 19.1. The molecular formula is C24H28FN3O2. The smallest absolute Gasteiger partial charge is 0.226 e. The first-order chi connectivity index (χ1) is 14.3. The summed E-state index contributed by atoms with van der Waals surface area (Å²) in [6, 6.07) is 13.8. The van der Waals surface area contributed by atoms with Gasteiger partial charge < -0.3 is 10.1 Å². The second-order valence-corrected chi connectivity index (χ2v) is 7.82. The molecule has 1 N–H and O–H groups in total. The van der Waals surface area contributed by atoms with Crippen LogP contribution in [-0.2, 0) is 11.2 Å². The number of hydrogen-bond acceptors (Lipinski definition) is 3. The van der Waals surface area contributed by atoms with E-state index in [0.717, 1.165) is 16.8 Å². The van der Waals surface area contributed by atoms with Crippen LogP contribution in [0.15, 0.2) is 48.5 Å². The predicted octanol–water partition coefficient (Wildman–Crippen LogP) is 5.13. The number of amides is 1. The van der Waals surface area contributed by atoms with Crippen LogP contribution in [0.1, 0.15) is 37.1 Å². The zero-order chi connectivity index (χ0) is 21.7. The fraction of sp³-hybridized carbons (Fsp3) is 0.333. The number of carbonyl (C=O) groups is 1. The van der Waals surface area contributed by atoms with Gasteiger partial charge in [-0.2, -0.15) is 5.10 Å². The molecule has 1 aromatic heterocycles. The maximum absolute atomic E-state index is 13.4. The van der Waals surface area contributed by atoms with Crippen molar-refractivity contribution in [3.8, 4) is 17.3 Å². The Morgan fingerprint density at radius 3 is 2.50 bits per heavy atom. The summed E-state index contributed by atoms with van der Waals surface area (Å²) in [6.45, 7) is 8.64. The first kappa shape index (κ1) is 21.6. The molecule has 0 aliphatic carbocycles. The van der Waals surface area contributed by atoms with Crippen molar-refractivity contribution in [2.45, 2.75) is 40.5 Å². The number of halogens is 1. The highest BCUT2D eigenvalue weighted by Gasteiger charge is 2.20. The fourth-order valence-corrected chi connectivity index (χ4v) is 3.11. The van der Waals surface area contributed by atoms with E-state index >= 15 is 0 Å². The molecule has 158 valence electrons. The topological polar surface area (TPSA) is 56.1 Å². The molecule has 0 fully saturated rings. The molecule has 0 aliphatic heterocycles. The van der Waals surface area contributed by atoms with E-state index < -0.39 is 0 Å². The number of ether oxygens (including phenoxy) is 1. The van der Waals surface area contributed by atoms with Crippen molar-refractivity contribution in [3.05, 3.63) is 71.2 Å². The van der Waals surface area contributed by atoms with E-state index in [4.69, 9.17) is 4.74 Å². The number of nitrogens with zero attached hydrogens (tertiary/aromatic N) is 2. The van der Waals surface area contributed by atoms with Gasteiger partial charge in [0.1, 0.15) is 11.6 Å². The number of para-hydroxylation sites is 1. The number of aromatic nitrogens is 2. The van der Waals surface area contributed by atoms with Gasteiger partial charge in [-0.1, -0.05) is 32.0 Å². The Bertz CT molecular complexity index is 1010. The molecule has 3 aromatic rings. The minimum Gasteiger partial charge on any atom is -0.438 e. The maximum Gasteiger partial charge on any atom is 0.226 e. The van der Waals surface area contributed by atoms with Crippen LogP contribution < -0.4 is 10.1 Å². The SMILES string of the molecule is Cc1ccccc1Oc1c(CCC(=O)NCC(C)C)c(C)nn1-c1ccc(F)cc1. The van der Waals surface area contributed by atoms with Gasteiger partial charge in [0.05, 0.1) is 11.4 Å². The fourth-order valence-electron chi connectivity index (χ4n) is 3.11. The van der Waals surface area contributed by atoms with Crippen molar-refractivity contribution in [1.29, 1.82) is 0 Å². The van der Waals surface area contributed by atoms with Crippen LogP contribution >= 0.6 is 0 Å². The summed E-state index contributed by atoms with van der Waals surface area (Å²) in [6.07, 6.45) is 0.838. The van der Waals surface area contributed by atoms with E-state index in [1.165, 1.54) is 12.1 Å². The molecule has 1 amide bonds. The van der Waals surface area contributed by atoms with Crippen LogP contribution in [0.2, 0.25) is 0 Å². The molecule has 0 saturated carbocycles. The Morgan fingerprint density at radius 1 is 1.13 bits per heavy atom. The third-order valence-corrected chi connectivity index (χ3v) is 4.82. The van der Waals surface area contributed by atoms with Crippen LogP contribution in [0.3, 0.4) is 0 Å². The van der Waals surface area contributed by atoms with Crippen LogP contribution in [0, 0.1) is 25.6 Å². The molecule has 2 aromatic carbocycles. The zero-order valence-corrected chi connectivity index (χ0v) is 17.9. The van der Waals surface area contributed by atoms with Crippen molar-refractivity contribution < 1.29 is 13.9 Å². The Kier molecular flexibility index (Phi) is 6.87. The molecule has 0 saturated heterocycles. The highest BCUT2D eigenvalue weighted by Crippen LogP contribution is 2.32. The lowest BCUT2D eigenvalue weighted by Gasteiger charge is -2.13. The molecule has 0 bridgehead atoms. The summed E-state index contributed by atoms with van der Waals surface area (Å²) in [4.78, 5) is 12.2. The van der Waals surface area contributed by atoms with Crippen molar-refractivity contribution in [2.75, 3.05) is 6.54 Å². The van der Waals surface area contributed by atoms with Gasteiger partial charge in [0, 0.05) is 18.5 Å². The molecule has 0 spiro atoms. The quantitative estimate of drug-likeness (QED) is 0.561. The van der Waals surface area contributed by atoms with Crippen LogP contribution in [0.4, 0.5) is 4.39 Å². The zero-order valence-electron chi connectivity index (χ0n) is 17.9. The standard InChI is InChI=1S/C24H28FN3O2/c1-16(2)15-26-23(29)14-13-21-18(4)27-28(20-11-9-19(25)10-12-20)24(21)30-22-8-6-5-7-17(22)3/h5-12,16H,13-15H2,1-4H3,(H,26,29). The summed E-state index contributed by atoms with van der Waals surface area (Å²) >= 11 is 0. The number of aryl methyl sites for hydroxylation is 2. The van der Waals surface area contributed by atoms with E-state index in [-0.39, 0.29) is 11.7 Å². The molecule has 0 radical (unpaired) electrons. The molecule has 5 nitrogen and oxygen atoms in total. The summed E-state index contributed by atoms with van der Waals surface area (Å²) in [5, 5.41) is 7.57. The van der Waals surface area contributed by atoms with Gasteiger partial charge in [0.15, 0.2) is 0 Å². The Hall–Kier alpha value is -3.15. The average molecular weight is 410 g/mol. The maximum atomic E-state index is 13.4. The van der Waals surface area contributed by atoms with E-state index in [9.17, 15) is 9.18 Å². The minimum atomic E-state index is -0.314. The van der Waals surface area contributed by atoms with E-state index in [0.29, 0.717) is 42.6 Å². The number of nitrogens with one attached hydrogen (secondary N) is 1. The monoisotopic (exact) mass is 409 g/mol. The lowest BCUT2D eigenvalue weighted by Crippen LogP contribution is -2.27. The van der Waals surface area contributed by atoms with Crippen molar-refractivity contribution >= 4 is 5.91 Å². The number of hydrogen-bond donors (Lipinski definition) is 1. The van der Waals surface area contributed by atoms with Crippen LogP contribution in [0.5, 0.6) is 11.6 Å². The second kappa shape index (κ2) is 9.57. The first-order valence-electron chi connectivity index (χ1n) is 10.2. The number of carbonyl (C=O) groups excluding carboxylic acids is 1. The molecule has 0 atom stereocenters. The van der Waals surface area contributed by atoms with Crippen molar-refractivity contribution in [3.63, 3.8) is 0 Å². The summed E-state index contributed by atoms with van der Waals surface area (Å²) in [5.74, 6) is 1.35. The van der Waals surface area contributed by atoms with E-state index in [1.807, 2.05) is 38.1 Å². The average Bonchev–Trinajstić information content (AvgIpc) is 3.02. The summed E-state index contributed by atoms with van der Waals surface area (Å²) in [7, 11) is 0.